The Kier molecular flexibility index (Phi) is 4.26. The van der Waals surface area contributed by atoms with Crippen molar-refractivity contribution in [3.8, 4) is 0 Å². The van der Waals surface area contributed by atoms with Gasteiger partial charge in [-0.1, -0.05) is 6.92 Å². The molecule has 0 saturated heterocycles. The maximum Gasteiger partial charge on any atom is 0.269 e. The Labute approximate surface area is 93.3 Å². The van der Waals surface area contributed by atoms with Gasteiger partial charge in [0.25, 0.3) is 5.69 Å². The zero-order chi connectivity index (χ0) is 12.0. The molecule has 6 nitrogen and oxygen atoms in total. The molecule has 0 aliphatic heterocycles. The average molecular weight is 222 g/mol. The van der Waals surface area contributed by atoms with Gasteiger partial charge in [0.15, 0.2) is 0 Å². The number of hydrogen-bond acceptors (Lipinski definition) is 4. The van der Waals surface area contributed by atoms with Crippen molar-refractivity contribution in [1.82, 2.24) is 0 Å². The molecule has 0 amide bonds. The van der Waals surface area contributed by atoms with E-state index >= 15 is 0 Å². The summed E-state index contributed by atoms with van der Waals surface area (Å²) in [7, 11) is 0. The van der Waals surface area contributed by atoms with Gasteiger partial charge in [0, 0.05) is 18.6 Å². The minimum absolute atomic E-state index is 0.0519. The molecule has 0 bridgehead atoms. The first-order chi connectivity index (χ1) is 7.63. The van der Waals surface area contributed by atoms with Crippen LogP contribution >= 0.6 is 0 Å². The first kappa shape index (κ1) is 12.0. The molecular weight excluding hydrogens is 208 g/mol. The third kappa shape index (κ3) is 3.56. The number of nitro benzene ring substituents is 1. The third-order valence-electron chi connectivity index (χ3n) is 1.91. The first-order valence-corrected chi connectivity index (χ1v) is 4.96. The highest BCUT2D eigenvalue weighted by molar-refractivity contribution is 5.80. The van der Waals surface area contributed by atoms with E-state index in [0.29, 0.717) is 11.5 Å². The van der Waals surface area contributed by atoms with Crippen LogP contribution in [-0.2, 0) is 0 Å². The van der Waals surface area contributed by atoms with Crippen LogP contribution in [-0.4, -0.2) is 10.8 Å². The predicted octanol–water partition coefficient (Wildman–Crippen LogP) is 2.08. The Morgan fingerprint density at radius 3 is 2.62 bits per heavy atom. The van der Waals surface area contributed by atoms with Crippen molar-refractivity contribution in [2.24, 2.45) is 10.8 Å². The third-order valence-corrected chi connectivity index (χ3v) is 1.91. The standard InChI is InChI=1S/C10H14N4O2/c1-2-3-10(11)13-12-8-4-6-9(7-5-8)14(15)16/h4-7,12H,2-3H2,1H3,(H2,11,13). The van der Waals surface area contributed by atoms with Gasteiger partial charge in [0.05, 0.1) is 10.6 Å². The van der Waals surface area contributed by atoms with E-state index in [9.17, 15) is 10.1 Å². The fourth-order valence-electron chi connectivity index (χ4n) is 1.11. The normalized spacial score (nSPS) is 11.2. The van der Waals surface area contributed by atoms with Crippen LogP contribution in [0.25, 0.3) is 0 Å². The molecule has 0 aliphatic rings. The number of anilines is 1. The highest BCUT2D eigenvalue weighted by Gasteiger charge is 2.02. The molecule has 1 rings (SSSR count). The number of rotatable bonds is 5. The lowest BCUT2D eigenvalue weighted by atomic mass is 10.3. The van der Waals surface area contributed by atoms with Crippen LogP contribution in [0.4, 0.5) is 11.4 Å². The number of nitro groups is 1. The van der Waals surface area contributed by atoms with E-state index in [0.717, 1.165) is 12.8 Å². The molecule has 0 spiro atoms. The summed E-state index contributed by atoms with van der Waals surface area (Å²) in [6, 6.07) is 5.99. The number of nitrogens with two attached hydrogens (primary N) is 1. The Hall–Kier alpha value is -2.11. The topological polar surface area (TPSA) is 93.5 Å². The molecule has 86 valence electrons. The highest BCUT2D eigenvalue weighted by Crippen LogP contribution is 2.15. The molecule has 0 aliphatic carbocycles. The van der Waals surface area contributed by atoms with Crippen molar-refractivity contribution >= 4 is 17.2 Å². The van der Waals surface area contributed by atoms with Crippen molar-refractivity contribution in [3.63, 3.8) is 0 Å². The van der Waals surface area contributed by atoms with E-state index in [1.54, 1.807) is 12.1 Å². The summed E-state index contributed by atoms with van der Waals surface area (Å²) in [4.78, 5) is 9.96. The molecule has 0 heterocycles. The lowest BCUT2D eigenvalue weighted by molar-refractivity contribution is -0.384. The van der Waals surface area contributed by atoms with E-state index in [1.807, 2.05) is 6.92 Å². The predicted molar refractivity (Wildman–Crippen MR) is 63.2 cm³/mol. The van der Waals surface area contributed by atoms with Crippen LogP contribution < -0.4 is 11.2 Å². The molecule has 0 aromatic heterocycles. The number of nitrogens with one attached hydrogen (secondary N) is 1. The number of hydrogen-bond donors (Lipinski definition) is 2. The number of amidine groups is 1. The zero-order valence-corrected chi connectivity index (χ0v) is 9.01. The summed E-state index contributed by atoms with van der Waals surface area (Å²) < 4.78 is 0. The van der Waals surface area contributed by atoms with Crippen LogP contribution in [0, 0.1) is 10.1 Å². The van der Waals surface area contributed by atoms with Gasteiger partial charge in [0.2, 0.25) is 0 Å². The van der Waals surface area contributed by atoms with Crippen LogP contribution in [0.15, 0.2) is 29.4 Å². The summed E-state index contributed by atoms with van der Waals surface area (Å²) in [5.41, 5.74) is 9.05. The molecule has 1 aromatic carbocycles. The van der Waals surface area contributed by atoms with Crippen molar-refractivity contribution in [2.45, 2.75) is 19.8 Å². The summed E-state index contributed by atoms with van der Waals surface area (Å²) in [6.07, 6.45) is 1.65. The van der Waals surface area contributed by atoms with Crippen molar-refractivity contribution in [3.05, 3.63) is 34.4 Å². The number of nitrogens with zero attached hydrogens (tertiary/aromatic N) is 2. The molecule has 3 N–H and O–H groups in total. The van der Waals surface area contributed by atoms with E-state index < -0.39 is 4.92 Å². The fourth-order valence-corrected chi connectivity index (χ4v) is 1.11. The summed E-state index contributed by atoms with van der Waals surface area (Å²) in [5, 5.41) is 14.3. The molecule has 0 fully saturated rings. The van der Waals surface area contributed by atoms with Gasteiger partial charge >= 0.3 is 0 Å². The van der Waals surface area contributed by atoms with E-state index in [4.69, 9.17) is 5.73 Å². The van der Waals surface area contributed by atoms with Crippen LogP contribution in [0.2, 0.25) is 0 Å². The van der Waals surface area contributed by atoms with Crippen molar-refractivity contribution in [1.29, 1.82) is 0 Å². The van der Waals surface area contributed by atoms with Crippen LogP contribution in [0.3, 0.4) is 0 Å². The van der Waals surface area contributed by atoms with Gasteiger partial charge in [-0.2, -0.15) is 5.10 Å². The average Bonchev–Trinajstić information content (AvgIpc) is 2.27. The second-order valence-corrected chi connectivity index (χ2v) is 3.27. The van der Waals surface area contributed by atoms with Gasteiger partial charge in [-0.05, 0) is 18.6 Å². The number of benzene rings is 1. The molecule has 6 heteroatoms. The Morgan fingerprint density at radius 1 is 1.50 bits per heavy atom. The molecule has 0 atom stereocenters. The molecule has 0 radical (unpaired) electrons. The SMILES string of the molecule is CCC/C(N)=N/Nc1ccc([N+](=O)[O-])cc1. The second-order valence-electron chi connectivity index (χ2n) is 3.27. The van der Waals surface area contributed by atoms with Crippen molar-refractivity contribution in [2.75, 3.05) is 5.43 Å². The van der Waals surface area contributed by atoms with Gasteiger partial charge in [-0.3, -0.25) is 15.5 Å². The number of non-ortho nitro benzene ring substituents is 1. The highest BCUT2D eigenvalue weighted by atomic mass is 16.6. The second kappa shape index (κ2) is 5.69. The van der Waals surface area contributed by atoms with Gasteiger partial charge < -0.3 is 5.73 Å². The van der Waals surface area contributed by atoms with E-state index in [1.165, 1.54) is 12.1 Å². The molecule has 0 saturated carbocycles. The zero-order valence-electron chi connectivity index (χ0n) is 9.01. The maximum absolute atomic E-state index is 10.4. The first-order valence-electron chi connectivity index (χ1n) is 4.96. The minimum Gasteiger partial charge on any atom is -0.386 e. The van der Waals surface area contributed by atoms with Crippen molar-refractivity contribution < 1.29 is 4.92 Å². The maximum atomic E-state index is 10.4. The molecule has 16 heavy (non-hydrogen) atoms. The Morgan fingerprint density at radius 2 is 2.12 bits per heavy atom. The number of hydrazone groups is 1. The fraction of sp³-hybridized carbons (Fsp3) is 0.300. The minimum atomic E-state index is -0.446. The molecule has 1 aromatic rings. The summed E-state index contributed by atoms with van der Waals surface area (Å²) in [5.74, 6) is 0.515. The summed E-state index contributed by atoms with van der Waals surface area (Å²) in [6.45, 7) is 2.01. The Balaban J connectivity index is 2.62. The smallest absolute Gasteiger partial charge is 0.269 e. The quantitative estimate of drug-likeness (QED) is 0.345. The van der Waals surface area contributed by atoms with Crippen LogP contribution in [0.5, 0.6) is 0 Å². The summed E-state index contributed by atoms with van der Waals surface area (Å²) >= 11 is 0. The van der Waals surface area contributed by atoms with Gasteiger partial charge in [-0.25, -0.2) is 0 Å². The van der Waals surface area contributed by atoms with Crippen LogP contribution in [0.1, 0.15) is 19.8 Å². The largest absolute Gasteiger partial charge is 0.386 e. The van der Waals surface area contributed by atoms with Gasteiger partial charge in [-0.15, -0.1) is 0 Å². The lowest BCUT2D eigenvalue weighted by Crippen LogP contribution is -2.12. The van der Waals surface area contributed by atoms with E-state index in [-0.39, 0.29) is 5.69 Å². The molecular formula is C10H14N4O2. The Bertz CT molecular complexity index is 386. The molecule has 0 unspecified atom stereocenters. The van der Waals surface area contributed by atoms with E-state index in [2.05, 4.69) is 10.5 Å². The van der Waals surface area contributed by atoms with Gasteiger partial charge in [0.1, 0.15) is 5.84 Å². The lowest BCUT2D eigenvalue weighted by Gasteiger charge is -2.01. The monoisotopic (exact) mass is 222 g/mol.